The highest BCUT2D eigenvalue weighted by molar-refractivity contribution is 7.80. The summed E-state index contributed by atoms with van der Waals surface area (Å²) in [6.07, 6.45) is 0.808. The number of carbonyl (C=O) groups is 2. The molecule has 0 saturated carbocycles. The highest BCUT2D eigenvalue weighted by Crippen LogP contribution is 2.28. The number of likely N-dealkylation sites (N-methyl/N-ethyl adjacent to an activating group) is 1. The fraction of sp³-hybridized carbons (Fsp3) is 0.423. The normalized spacial score (nSPS) is 19.5. The molecule has 0 aromatic heterocycles. The van der Waals surface area contributed by atoms with Crippen molar-refractivity contribution in [1.82, 2.24) is 14.7 Å². The van der Waals surface area contributed by atoms with Gasteiger partial charge in [-0.15, -0.1) is 0 Å². The molecule has 0 spiro atoms. The molecule has 1 atom stereocenters. The van der Waals surface area contributed by atoms with Crippen LogP contribution in [0.25, 0.3) is 0 Å². The summed E-state index contributed by atoms with van der Waals surface area (Å²) < 4.78 is 13.2. The van der Waals surface area contributed by atoms with Crippen molar-refractivity contribution in [3.63, 3.8) is 0 Å². The molecule has 2 aliphatic heterocycles. The molecule has 35 heavy (non-hydrogen) atoms. The molecule has 2 heterocycles. The van der Waals surface area contributed by atoms with Crippen molar-refractivity contribution < 1.29 is 14.0 Å². The predicted molar refractivity (Wildman–Crippen MR) is 140 cm³/mol. The lowest BCUT2D eigenvalue weighted by Gasteiger charge is -2.33. The molecule has 1 unspecified atom stereocenters. The Hall–Kier alpha value is -2.88. The molecule has 2 fully saturated rings. The van der Waals surface area contributed by atoms with Gasteiger partial charge in [0.2, 0.25) is 5.91 Å². The minimum Gasteiger partial charge on any atom is -0.336 e. The van der Waals surface area contributed by atoms with E-state index < -0.39 is 6.04 Å². The average molecular weight is 498 g/mol. The highest BCUT2D eigenvalue weighted by atomic mass is 32.1. The molecule has 4 rings (SSSR count). The predicted octanol–water partition coefficient (Wildman–Crippen LogP) is 3.10. The van der Waals surface area contributed by atoms with Crippen LogP contribution < -0.4 is 10.2 Å². The first kappa shape index (κ1) is 25.2. The topological polar surface area (TPSA) is 59.1 Å². The van der Waals surface area contributed by atoms with Gasteiger partial charge in [-0.25, -0.2) is 4.39 Å². The number of benzene rings is 2. The Balaban J connectivity index is 1.46. The van der Waals surface area contributed by atoms with Crippen LogP contribution in [0.5, 0.6) is 0 Å². The first-order valence-corrected chi connectivity index (χ1v) is 12.4. The van der Waals surface area contributed by atoms with Gasteiger partial charge >= 0.3 is 0 Å². The summed E-state index contributed by atoms with van der Waals surface area (Å²) in [5.74, 6) is -0.889. The highest BCUT2D eigenvalue weighted by Gasteiger charge is 2.43. The summed E-state index contributed by atoms with van der Waals surface area (Å²) in [5, 5.41) is 3.19. The molecular weight excluding hydrogens is 465 g/mol. The molecule has 2 aromatic carbocycles. The maximum atomic E-state index is 13.5. The van der Waals surface area contributed by atoms with Crippen LogP contribution in [-0.2, 0) is 9.59 Å². The van der Waals surface area contributed by atoms with Crippen LogP contribution in [0.15, 0.2) is 48.5 Å². The zero-order chi connectivity index (χ0) is 24.9. The fourth-order valence-corrected chi connectivity index (χ4v) is 4.89. The van der Waals surface area contributed by atoms with Crippen molar-refractivity contribution in [2.24, 2.45) is 0 Å². The molecule has 2 amide bonds. The first-order chi connectivity index (χ1) is 16.8. The molecule has 1 N–H and O–H groups in total. The maximum Gasteiger partial charge on any atom is 0.256 e. The van der Waals surface area contributed by atoms with Crippen LogP contribution in [0, 0.1) is 12.7 Å². The van der Waals surface area contributed by atoms with Crippen molar-refractivity contribution >= 4 is 40.5 Å². The molecule has 0 bridgehead atoms. The Bertz CT molecular complexity index is 1050. The summed E-state index contributed by atoms with van der Waals surface area (Å²) in [6, 6.07) is 12.5. The van der Waals surface area contributed by atoms with Crippen molar-refractivity contribution in [3.8, 4) is 0 Å². The zero-order valence-electron chi connectivity index (χ0n) is 20.2. The molecule has 0 radical (unpaired) electrons. The first-order valence-electron chi connectivity index (χ1n) is 12.0. The number of carbonyl (C=O) groups excluding carboxylic acids is 2. The lowest BCUT2D eigenvalue weighted by atomic mass is 10.1. The van der Waals surface area contributed by atoms with Gasteiger partial charge in [0, 0.05) is 38.4 Å². The molecule has 2 saturated heterocycles. The second-order valence-electron chi connectivity index (χ2n) is 9.26. The number of hydrogen-bond donors (Lipinski definition) is 1. The molecule has 2 aliphatic rings. The van der Waals surface area contributed by atoms with Crippen LogP contribution >= 0.6 is 12.2 Å². The quantitative estimate of drug-likeness (QED) is 0.566. The SMILES string of the molecule is Cc1ccc(N2C(=O)C(CC(=O)Nc3ccc(F)cc3)N(CCCN3CCN(C)CC3)C2=S)cc1. The van der Waals surface area contributed by atoms with E-state index >= 15 is 0 Å². The van der Waals surface area contributed by atoms with E-state index in [0.717, 1.165) is 44.7 Å². The zero-order valence-corrected chi connectivity index (χ0v) is 21.1. The van der Waals surface area contributed by atoms with Gasteiger partial charge in [0.1, 0.15) is 11.9 Å². The monoisotopic (exact) mass is 497 g/mol. The molecule has 7 nitrogen and oxygen atoms in total. The largest absolute Gasteiger partial charge is 0.336 e. The summed E-state index contributed by atoms with van der Waals surface area (Å²) in [4.78, 5) is 34.5. The number of nitrogens with zero attached hydrogens (tertiary/aromatic N) is 4. The van der Waals surface area contributed by atoms with Gasteiger partial charge in [0.15, 0.2) is 5.11 Å². The fourth-order valence-electron chi connectivity index (χ4n) is 4.48. The van der Waals surface area contributed by atoms with Crippen molar-refractivity contribution in [1.29, 1.82) is 0 Å². The van der Waals surface area contributed by atoms with Gasteiger partial charge in [0.25, 0.3) is 5.91 Å². The number of hydrogen-bond acceptors (Lipinski definition) is 5. The Morgan fingerprint density at radius 1 is 1.03 bits per heavy atom. The van der Waals surface area contributed by atoms with E-state index in [1.165, 1.54) is 24.3 Å². The summed E-state index contributed by atoms with van der Waals surface area (Å²) >= 11 is 5.75. The summed E-state index contributed by atoms with van der Waals surface area (Å²) in [5.41, 5.74) is 2.28. The number of nitrogens with one attached hydrogen (secondary N) is 1. The third-order valence-corrected chi connectivity index (χ3v) is 7.00. The third kappa shape index (κ3) is 6.22. The number of aryl methyl sites for hydroxylation is 1. The van der Waals surface area contributed by atoms with E-state index in [9.17, 15) is 14.0 Å². The van der Waals surface area contributed by atoms with Gasteiger partial charge in [-0.3, -0.25) is 14.5 Å². The minimum atomic E-state index is -0.684. The van der Waals surface area contributed by atoms with Crippen LogP contribution in [0.3, 0.4) is 0 Å². The van der Waals surface area contributed by atoms with Gasteiger partial charge in [0.05, 0.1) is 12.1 Å². The van der Waals surface area contributed by atoms with Gasteiger partial charge in [-0.1, -0.05) is 17.7 Å². The Morgan fingerprint density at radius 3 is 2.34 bits per heavy atom. The number of thiocarbonyl (C=S) groups is 1. The lowest BCUT2D eigenvalue weighted by Crippen LogP contribution is -2.45. The standard InChI is InChI=1S/C26H32FN5O2S/c1-19-4-10-22(11-5-19)32-25(34)23(18-24(33)28-21-8-6-20(27)7-9-21)31(26(32)35)13-3-12-30-16-14-29(2)15-17-30/h4-11,23H,3,12-18H2,1-2H3,(H,28,33). The number of rotatable bonds is 8. The van der Waals surface area contributed by atoms with E-state index in [0.29, 0.717) is 23.0 Å². The Kier molecular flexibility index (Phi) is 8.10. The van der Waals surface area contributed by atoms with Crippen LogP contribution in [-0.4, -0.2) is 84.0 Å². The number of anilines is 2. The van der Waals surface area contributed by atoms with Crippen molar-refractivity contribution in [2.45, 2.75) is 25.8 Å². The summed E-state index contributed by atoms with van der Waals surface area (Å²) in [7, 11) is 2.13. The van der Waals surface area contributed by atoms with E-state index in [1.54, 1.807) is 4.90 Å². The van der Waals surface area contributed by atoms with Gasteiger partial charge in [-0.2, -0.15) is 0 Å². The van der Waals surface area contributed by atoms with Crippen molar-refractivity contribution in [2.75, 3.05) is 56.5 Å². The Labute approximate surface area is 211 Å². The summed E-state index contributed by atoms with van der Waals surface area (Å²) in [6.45, 7) is 7.65. The van der Waals surface area contributed by atoms with Gasteiger partial charge < -0.3 is 20.0 Å². The second-order valence-corrected chi connectivity index (χ2v) is 9.62. The maximum absolute atomic E-state index is 13.5. The van der Waals surface area contributed by atoms with Crippen LogP contribution in [0.2, 0.25) is 0 Å². The van der Waals surface area contributed by atoms with E-state index in [1.807, 2.05) is 36.1 Å². The molecule has 186 valence electrons. The second kappa shape index (κ2) is 11.2. The van der Waals surface area contributed by atoms with E-state index in [4.69, 9.17) is 12.2 Å². The van der Waals surface area contributed by atoms with Gasteiger partial charge in [-0.05, 0) is 75.6 Å². The van der Waals surface area contributed by atoms with Crippen LogP contribution in [0.1, 0.15) is 18.4 Å². The van der Waals surface area contributed by atoms with E-state index in [-0.39, 0.29) is 24.1 Å². The minimum absolute atomic E-state index is 0.0345. The molecule has 2 aromatic rings. The molecular formula is C26H32FN5O2S. The number of piperazine rings is 1. The number of halogens is 1. The van der Waals surface area contributed by atoms with Crippen molar-refractivity contribution in [3.05, 3.63) is 59.9 Å². The average Bonchev–Trinajstić information content (AvgIpc) is 3.06. The lowest BCUT2D eigenvalue weighted by molar-refractivity contribution is -0.124. The smallest absolute Gasteiger partial charge is 0.256 e. The third-order valence-electron chi connectivity index (χ3n) is 6.59. The Morgan fingerprint density at radius 2 is 1.69 bits per heavy atom. The molecule has 9 heteroatoms. The number of amides is 2. The van der Waals surface area contributed by atoms with E-state index in [2.05, 4.69) is 22.2 Å². The van der Waals surface area contributed by atoms with Crippen LogP contribution in [0.4, 0.5) is 15.8 Å². The molecule has 0 aliphatic carbocycles.